The molecule has 1 aliphatic heterocycles. The van der Waals surface area contributed by atoms with Gasteiger partial charge in [0.1, 0.15) is 0 Å². The first-order valence-electron chi connectivity index (χ1n) is 5.71. The smallest absolute Gasteiger partial charge is 0.250 e. The monoisotopic (exact) mass is 352 g/mol. The van der Waals surface area contributed by atoms with E-state index in [4.69, 9.17) is 9.47 Å². The van der Waals surface area contributed by atoms with Crippen LogP contribution in [-0.4, -0.2) is 17.7 Å². The molecule has 1 N–H and O–H groups in total. The largest absolute Gasteiger partial charge is 0.454 e. The van der Waals surface area contributed by atoms with Crippen LogP contribution in [0.3, 0.4) is 0 Å². The summed E-state index contributed by atoms with van der Waals surface area (Å²) in [6.45, 7) is 0.238. The highest BCUT2D eigenvalue weighted by atomic mass is 79.9. The van der Waals surface area contributed by atoms with Crippen LogP contribution in [-0.2, 0) is 4.79 Å². The van der Waals surface area contributed by atoms with Crippen molar-refractivity contribution >= 4 is 44.4 Å². The molecule has 1 aromatic carbocycles. The van der Waals surface area contributed by atoms with Gasteiger partial charge in [-0.1, -0.05) is 17.4 Å². The predicted octanol–water partition coefficient (Wildman–Crippen LogP) is 3.29. The Morgan fingerprint density at radius 1 is 1.40 bits per heavy atom. The number of anilines is 1. The Bertz CT molecular complexity index is 684. The molecule has 0 aliphatic carbocycles. The third-order valence-corrected chi connectivity index (χ3v) is 3.92. The summed E-state index contributed by atoms with van der Waals surface area (Å²) in [5.74, 6) is 1.18. The summed E-state index contributed by atoms with van der Waals surface area (Å²) >= 11 is 4.64. The minimum atomic E-state index is -0.232. The molecule has 1 amide bonds. The molecule has 0 unspecified atom stereocenters. The zero-order valence-corrected chi connectivity index (χ0v) is 12.5. The summed E-state index contributed by atoms with van der Waals surface area (Å²) in [6.07, 6.45) is 4.80. The Balaban J connectivity index is 1.66. The molecule has 0 saturated carbocycles. The Labute approximate surface area is 127 Å². The molecule has 1 aromatic heterocycles. The fourth-order valence-corrected chi connectivity index (χ4v) is 2.76. The van der Waals surface area contributed by atoms with Gasteiger partial charge in [-0.25, -0.2) is 4.98 Å². The van der Waals surface area contributed by atoms with Crippen LogP contribution < -0.4 is 14.8 Å². The van der Waals surface area contributed by atoms with Gasteiger partial charge < -0.3 is 9.47 Å². The van der Waals surface area contributed by atoms with Gasteiger partial charge in [-0.15, -0.1) is 0 Å². The number of hydrogen-bond donors (Lipinski definition) is 1. The van der Waals surface area contributed by atoms with E-state index in [0.29, 0.717) is 10.9 Å². The van der Waals surface area contributed by atoms with Crippen molar-refractivity contribution in [2.24, 2.45) is 0 Å². The summed E-state index contributed by atoms with van der Waals surface area (Å²) < 4.78 is 11.4. The number of benzene rings is 1. The van der Waals surface area contributed by atoms with Crippen LogP contribution >= 0.6 is 27.3 Å². The van der Waals surface area contributed by atoms with E-state index in [0.717, 1.165) is 15.1 Å². The maximum atomic E-state index is 11.7. The fraction of sp³-hybridized carbons (Fsp3) is 0.0769. The topological polar surface area (TPSA) is 60.5 Å². The summed E-state index contributed by atoms with van der Waals surface area (Å²) in [6, 6.07) is 5.50. The van der Waals surface area contributed by atoms with Gasteiger partial charge in [0.05, 0.1) is 9.98 Å². The van der Waals surface area contributed by atoms with Crippen molar-refractivity contribution in [1.82, 2.24) is 4.98 Å². The van der Waals surface area contributed by atoms with E-state index in [-0.39, 0.29) is 12.7 Å². The van der Waals surface area contributed by atoms with E-state index in [1.807, 2.05) is 18.2 Å². The lowest BCUT2D eigenvalue weighted by Crippen LogP contribution is -2.06. The molecule has 7 heteroatoms. The standard InChI is InChI=1S/C13H9BrN2O3S/c14-11-6-15-13(20-11)16-12(17)4-2-8-1-3-9-10(5-8)19-7-18-9/h1-6H,7H2,(H,15,16,17)/b4-2+. The van der Waals surface area contributed by atoms with Crippen molar-refractivity contribution in [1.29, 1.82) is 0 Å². The fourth-order valence-electron chi connectivity index (χ4n) is 1.65. The van der Waals surface area contributed by atoms with Crippen molar-refractivity contribution in [2.75, 3.05) is 12.1 Å². The quantitative estimate of drug-likeness (QED) is 0.861. The van der Waals surface area contributed by atoms with Crippen LogP contribution in [0.1, 0.15) is 5.56 Å². The van der Waals surface area contributed by atoms with Crippen LogP contribution in [0.4, 0.5) is 5.13 Å². The molecular formula is C13H9BrN2O3S. The molecule has 0 spiro atoms. The molecule has 0 bridgehead atoms. The number of thiazole rings is 1. The minimum Gasteiger partial charge on any atom is -0.454 e. The molecule has 0 radical (unpaired) electrons. The molecule has 2 aromatic rings. The zero-order chi connectivity index (χ0) is 13.9. The number of rotatable bonds is 3. The zero-order valence-electron chi connectivity index (χ0n) is 10.1. The van der Waals surface area contributed by atoms with E-state index >= 15 is 0 Å². The van der Waals surface area contributed by atoms with Crippen LogP contribution in [0.5, 0.6) is 11.5 Å². The molecule has 0 saturated heterocycles. The summed E-state index contributed by atoms with van der Waals surface area (Å²) in [7, 11) is 0. The van der Waals surface area contributed by atoms with Gasteiger partial charge >= 0.3 is 0 Å². The Hall–Kier alpha value is -1.86. The first-order chi connectivity index (χ1) is 9.70. The lowest BCUT2D eigenvalue weighted by Gasteiger charge is -1.98. The van der Waals surface area contributed by atoms with Gasteiger partial charge in [0.2, 0.25) is 12.7 Å². The second-order valence-electron chi connectivity index (χ2n) is 3.90. The summed E-state index contributed by atoms with van der Waals surface area (Å²) in [5, 5.41) is 3.23. The van der Waals surface area contributed by atoms with E-state index in [1.54, 1.807) is 12.3 Å². The number of amides is 1. The lowest BCUT2D eigenvalue weighted by atomic mass is 10.2. The Morgan fingerprint density at radius 2 is 2.25 bits per heavy atom. The van der Waals surface area contributed by atoms with E-state index < -0.39 is 0 Å². The van der Waals surface area contributed by atoms with Crippen molar-refractivity contribution in [2.45, 2.75) is 0 Å². The third-order valence-electron chi connectivity index (χ3n) is 2.53. The number of nitrogens with zero attached hydrogens (tertiary/aromatic N) is 1. The van der Waals surface area contributed by atoms with Crippen molar-refractivity contribution < 1.29 is 14.3 Å². The van der Waals surface area contributed by atoms with Crippen LogP contribution in [0.15, 0.2) is 34.3 Å². The normalized spacial score (nSPS) is 12.8. The first kappa shape index (κ1) is 13.1. The lowest BCUT2D eigenvalue weighted by molar-refractivity contribution is -0.111. The number of carbonyl (C=O) groups excluding carboxylic acids is 1. The third kappa shape index (κ3) is 3.00. The van der Waals surface area contributed by atoms with Crippen molar-refractivity contribution in [3.05, 3.63) is 39.8 Å². The van der Waals surface area contributed by atoms with Crippen LogP contribution in [0.25, 0.3) is 6.08 Å². The van der Waals surface area contributed by atoms with Crippen molar-refractivity contribution in [3.63, 3.8) is 0 Å². The maximum Gasteiger partial charge on any atom is 0.250 e. The summed E-state index contributed by atoms with van der Waals surface area (Å²) in [5.41, 5.74) is 0.865. The van der Waals surface area contributed by atoms with Gasteiger partial charge in [0.15, 0.2) is 16.6 Å². The highest BCUT2D eigenvalue weighted by molar-refractivity contribution is 9.11. The van der Waals surface area contributed by atoms with Gasteiger partial charge in [0.25, 0.3) is 0 Å². The number of fused-ring (bicyclic) bond motifs is 1. The van der Waals surface area contributed by atoms with Crippen LogP contribution in [0.2, 0.25) is 0 Å². The molecule has 20 heavy (non-hydrogen) atoms. The molecule has 1 aliphatic rings. The Morgan fingerprint density at radius 3 is 3.05 bits per heavy atom. The molecule has 2 heterocycles. The summed E-state index contributed by atoms with van der Waals surface area (Å²) in [4.78, 5) is 15.8. The van der Waals surface area contributed by atoms with Gasteiger partial charge in [-0.3, -0.25) is 10.1 Å². The first-order valence-corrected chi connectivity index (χ1v) is 7.32. The average molecular weight is 353 g/mol. The number of nitrogens with one attached hydrogen (secondary N) is 1. The predicted molar refractivity (Wildman–Crippen MR) is 80.0 cm³/mol. The number of hydrogen-bond acceptors (Lipinski definition) is 5. The number of aromatic nitrogens is 1. The Kier molecular flexibility index (Phi) is 3.70. The van der Waals surface area contributed by atoms with Gasteiger partial charge in [-0.05, 0) is 39.7 Å². The number of carbonyl (C=O) groups is 1. The second kappa shape index (κ2) is 5.64. The highest BCUT2D eigenvalue weighted by Gasteiger charge is 2.12. The number of halogens is 1. The van der Waals surface area contributed by atoms with Gasteiger partial charge in [-0.2, -0.15) is 0 Å². The average Bonchev–Trinajstić information content (AvgIpc) is 3.04. The SMILES string of the molecule is O=C(/C=C/c1ccc2c(c1)OCO2)Nc1ncc(Br)s1. The minimum absolute atomic E-state index is 0.232. The molecule has 5 nitrogen and oxygen atoms in total. The van der Waals surface area contributed by atoms with E-state index in [2.05, 4.69) is 26.2 Å². The van der Waals surface area contributed by atoms with Crippen molar-refractivity contribution in [3.8, 4) is 11.5 Å². The molecule has 0 fully saturated rings. The van der Waals surface area contributed by atoms with E-state index in [9.17, 15) is 4.79 Å². The molecule has 0 atom stereocenters. The number of ether oxygens (including phenoxy) is 2. The second-order valence-corrected chi connectivity index (χ2v) is 6.31. The van der Waals surface area contributed by atoms with Gasteiger partial charge in [0, 0.05) is 6.08 Å². The van der Waals surface area contributed by atoms with E-state index in [1.165, 1.54) is 17.4 Å². The molecule has 102 valence electrons. The maximum absolute atomic E-state index is 11.7. The highest BCUT2D eigenvalue weighted by Crippen LogP contribution is 2.32. The molecular weight excluding hydrogens is 344 g/mol. The molecule has 3 rings (SSSR count). The van der Waals surface area contributed by atoms with Crippen LogP contribution in [0, 0.1) is 0 Å².